The predicted molar refractivity (Wildman–Crippen MR) is 67.7 cm³/mol. The number of benzene rings is 1. The van der Waals surface area contributed by atoms with Crippen molar-refractivity contribution in [1.82, 2.24) is 9.97 Å². The van der Waals surface area contributed by atoms with Crippen LogP contribution in [0.15, 0.2) is 28.7 Å². The van der Waals surface area contributed by atoms with Crippen molar-refractivity contribution in [2.75, 3.05) is 5.43 Å². The third kappa shape index (κ3) is 2.27. The second-order valence-electron chi connectivity index (χ2n) is 3.42. The van der Waals surface area contributed by atoms with E-state index in [4.69, 9.17) is 5.84 Å². The minimum Gasteiger partial charge on any atom is -0.306 e. The number of halogens is 2. The first kappa shape index (κ1) is 11.9. The number of rotatable bonds is 2. The lowest BCUT2D eigenvalue weighted by Crippen LogP contribution is -2.13. The molecule has 0 saturated carbocycles. The second-order valence-corrected chi connectivity index (χ2v) is 4.27. The van der Waals surface area contributed by atoms with Crippen molar-refractivity contribution in [3.63, 3.8) is 0 Å². The molecule has 0 fully saturated rings. The summed E-state index contributed by atoms with van der Waals surface area (Å²) >= 11 is 3.40. The van der Waals surface area contributed by atoms with Crippen LogP contribution in [-0.2, 0) is 0 Å². The number of aromatic nitrogens is 2. The lowest BCUT2D eigenvalue weighted by atomic mass is 10.2. The molecule has 6 heteroatoms. The van der Waals surface area contributed by atoms with Gasteiger partial charge in [-0.15, -0.1) is 0 Å². The van der Waals surface area contributed by atoms with Gasteiger partial charge in [0, 0.05) is 10.0 Å². The maximum absolute atomic E-state index is 13.5. The van der Waals surface area contributed by atoms with E-state index in [2.05, 4.69) is 31.3 Å². The second kappa shape index (κ2) is 4.77. The van der Waals surface area contributed by atoms with Gasteiger partial charge in [0.05, 0.1) is 5.69 Å². The van der Waals surface area contributed by atoms with Crippen LogP contribution in [0.4, 0.5) is 10.2 Å². The Morgan fingerprint density at radius 1 is 1.29 bits per heavy atom. The standard InChI is InChI=1S/C11H10BrFN4/c1-6-9(13)11(17-14)16-10(15-6)7-4-2-3-5-8(7)12/h2-5H,14H2,1H3,(H,15,16,17). The first-order valence-corrected chi connectivity index (χ1v) is 5.68. The zero-order valence-electron chi connectivity index (χ0n) is 9.04. The third-order valence-electron chi connectivity index (χ3n) is 2.27. The number of anilines is 1. The topological polar surface area (TPSA) is 63.8 Å². The van der Waals surface area contributed by atoms with Gasteiger partial charge in [0.15, 0.2) is 17.5 Å². The smallest absolute Gasteiger partial charge is 0.187 e. The SMILES string of the molecule is Cc1nc(-c2ccccc2Br)nc(NN)c1F. The number of nitrogens with one attached hydrogen (secondary N) is 1. The van der Waals surface area contributed by atoms with Crippen LogP contribution >= 0.6 is 15.9 Å². The van der Waals surface area contributed by atoms with Crippen molar-refractivity contribution in [1.29, 1.82) is 0 Å². The molecule has 0 aliphatic heterocycles. The van der Waals surface area contributed by atoms with E-state index in [1.165, 1.54) is 0 Å². The molecule has 0 spiro atoms. The molecule has 4 nitrogen and oxygen atoms in total. The summed E-state index contributed by atoms with van der Waals surface area (Å²) in [5.74, 6) is 5.08. The van der Waals surface area contributed by atoms with E-state index >= 15 is 0 Å². The number of nitrogens with zero attached hydrogens (tertiary/aromatic N) is 2. The number of hydrogen-bond donors (Lipinski definition) is 2. The van der Waals surface area contributed by atoms with Crippen molar-refractivity contribution in [2.45, 2.75) is 6.92 Å². The highest BCUT2D eigenvalue weighted by atomic mass is 79.9. The van der Waals surface area contributed by atoms with Gasteiger partial charge in [-0.1, -0.05) is 34.1 Å². The zero-order chi connectivity index (χ0) is 12.4. The average molecular weight is 297 g/mol. The van der Waals surface area contributed by atoms with Gasteiger partial charge in [-0.2, -0.15) is 0 Å². The molecule has 88 valence electrons. The number of hydrogen-bond acceptors (Lipinski definition) is 4. The zero-order valence-corrected chi connectivity index (χ0v) is 10.6. The summed E-state index contributed by atoms with van der Waals surface area (Å²) in [6, 6.07) is 7.45. The Labute approximate surface area is 106 Å². The van der Waals surface area contributed by atoms with E-state index in [1.54, 1.807) is 6.92 Å². The number of hydrazine groups is 1. The fourth-order valence-corrected chi connectivity index (χ4v) is 1.88. The molecule has 1 aromatic carbocycles. The van der Waals surface area contributed by atoms with Crippen LogP contribution in [0.1, 0.15) is 5.69 Å². The van der Waals surface area contributed by atoms with E-state index in [1.807, 2.05) is 24.3 Å². The summed E-state index contributed by atoms with van der Waals surface area (Å²) in [5.41, 5.74) is 3.26. The number of nitrogen functional groups attached to an aromatic ring is 1. The molecule has 2 aromatic rings. The Kier molecular flexibility index (Phi) is 3.35. The van der Waals surface area contributed by atoms with Crippen LogP contribution in [-0.4, -0.2) is 9.97 Å². The normalized spacial score (nSPS) is 10.4. The summed E-state index contributed by atoms with van der Waals surface area (Å²) < 4.78 is 14.4. The van der Waals surface area contributed by atoms with Gasteiger partial charge in [-0.25, -0.2) is 20.2 Å². The predicted octanol–water partition coefficient (Wildman–Crippen LogP) is 2.64. The fraction of sp³-hybridized carbons (Fsp3) is 0.0909. The summed E-state index contributed by atoms with van der Waals surface area (Å²) in [4.78, 5) is 8.13. The van der Waals surface area contributed by atoms with Crippen molar-refractivity contribution < 1.29 is 4.39 Å². The van der Waals surface area contributed by atoms with E-state index in [9.17, 15) is 4.39 Å². The largest absolute Gasteiger partial charge is 0.306 e. The lowest BCUT2D eigenvalue weighted by Gasteiger charge is -2.08. The summed E-state index contributed by atoms with van der Waals surface area (Å²) in [6.45, 7) is 1.57. The molecule has 0 radical (unpaired) electrons. The highest BCUT2D eigenvalue weighted by Gasteiger charge is 2.13. The third-order valence-corrected chi connectivity index (χ3v) is 2.96. The van der Waals surface area contributed by atoms with Crippen LogP contribution in [0.5, 0.6) is 0 Å². The average Bonchev–Trinajstić information content (AvgIpc) is 2.33. The molecule has 1 aromatic heterocycles. The minimum absolute atomic E-state index is 0.0109. The van der Waals surface area contributed by atoms with E-state index in [0.717, 1.165) is 10.0 Å². The molecule has 0 amide bonds. The monoisotopic (exact) mass is 296 g/mol. The molecular formula is C11H10BrFN4. The van der Waals surface area contributed by atoms with Crippen LogP contribution < -0.4 is 11.3 Å². The van der Waals surface area contributed by atoms with Gasteiger partial charge in [-0.3, -0.25) is 0 Å². The van der Waals surface area contributed by atoms with Crippen molar-refractivity contribution in [2.24, 2.45) is 5.84 Å². The Bertz CT molecular complexity index is 559. The summed E-state index contributed by atoms with van der Waals surface area (Å²) in [5, 5.41) is 0. The first-order valence-electron chi connectivity index (χ1n) is 4.89. The molecule has 0 atom stereocenters. The molecule has 17 heavy (non-hydrogen) atoms. The van der Waals surface area contributed by atoms with Crippen molar-refractivity contribution in [3.8, 4) is 11.4 Å². The molecule has 2 rings (SSSR count). The van der Waals surface area contributed by atoms with E-state index in [-0.39, 0.29) is 11.5 Å². The molecular weight excluding hydrogens is 287 g/mol. The Balaban J connectivity index is 2.61. The minimum atomic E-state index is -0.539. The van der Waals surface area contributed by atoms with Gasteiger partial charge in [0.2, 0.25) is 0 Å². The maximum Gasteiger partial charge on any atom is 0.187 e. The summed E-state index contributed by atoms with van der Waals surface area (Å²) in [7, 11) is 0. The van der Waals surface area contributed by atoms with Gasteiger partial charge in [-0.05, 0) is 13.0 Å². The molecule has 0 bridgehead atoms. The Hall–Kier alpha value is -1.53. The number of aryl methyl sites for hydroxylation is 1. The number of nitrogens with two attached hydrogens (primary N) is 1. The molecule has 1 heterocycles. The molecule has 3 N–H and O–H groups in total. The van der Waals surface area contributed by atoms with Crippen LogP contribution in [0.25, 0.3) is 11.4 Å². The van der Waals surface area contributed by atoms with E-state index < -0.39 is 5.82 Å². The molecule has 0 aliphatic rings. The van der Waals surface area contributed by atoms with Gasteiger partial charge >= 0.3 is 0 Å². The van der Waals surface area contributed by atoms with Gasteiger partial charge < -0.3 is 5.43 Å². The molecule has 0 unspecified atom stereocenters. The Morgan fingerprint density at radius 2 is 2.00 bits per heavy atom. The molecule has 0 aliphatic carbocycles. The lowest BCUT2D eigenvalue weighted by molar-refractivity contribution is 0.606. The Morgan fingerprint density at radius 3 is 2.65 bits per heavy atom. The van der Waals surface area contributed by atoms with E-state index in [0.29, 0.717) is 5.82 Å². The maximum atomic E-state index is 13.5. The van der Waals surface area contributed by atoms with Gasteiger partial charge in [0.25, 0.3) is 0 Å². The first-order chi connectivity index (χ1) is 8.13. The van der Waals surface area contributed by atoms with Crippen LogP contribution in [0, 0.1) is 12.7 Å². The molecule has 0 saturated heterocycles. The van der Waals surface area contributed by atoms with Crippen LogP contribution in [0.2, 0.25) is 0 Å². The van der Waals surface area contributed by atoms with Crippen molar-refractivity contribution in [3.05, 3.63) is 40.2 Å². The van der Waals surface area contributed by atoms with Crippen LogP contribution in [0.3, 0.4) is 0 Å². The van der Waals surface area contributed by atoms with Gasteiger partial charge in [0.1, 0.15) is 0 Å². The quantitative estimate of drug-likeness (QED) is 0.660. The fourth-order valence-electron chi connectivity index (χ4n) is 1.42. The van der Waals surface area contributed by atoms with Crippen molar-refractivity contribution >= 4 is 21.7 Å². The highest BCUT2D eigenvalue weighted by Crippen LogP contribution is 2.27. The summed E-state index contributed by atoms with van der Waals surface area (Å²) in [6.07, 6.45) is 0. The highest BCUT2D eigenvalue weighted by molar-refractivity contribution is 9.10.